The second kappa shape index (κ2) is 4.66. The lowest BCUT2D eigenvalue weighted by Crippen LogP contribution is -2.20. The summed E-state index contributed by atoms with van der Waals surface area (Å²) in [6, 6.07) is 0.0443. The maximum absolute atomic E-state index is 10.5. The van der Waals surface area contributed by atoms with Gasteiger partial charge in [0.25, 0.3) is 0 Å². The van der Waals surface area contributed by atoms with Crippen LogP contribution in [0, 0.1) is 0 Å². The highest BCUT2D eigenvalue weighted by Crippen LogP contribution is 2.05. The van der Waals surface area contributed by atoms with Gasteiger partial charge in [-0.2, -0.15) is 0 Å². The molecule has 76 valence electrons. The third kappa shape index (κ3) is 2.50. The summed E-state index contributed by atoms with van der Waals surface area (Å²) in [5, 5.41) is 11.8. The first-order chi connectivity index (χ1) is 6.65. The van der Waals surface area contributed by atoms with Crippen molar-refractivity contribution in [3.63, 3.8) is 0 Å². The lowest BCUT2D eigenvalue weighted by atomic mass is 10.3. The molecule has 0 bridgehead atoms. The molecule has 5 heteroatoms. The van der Waals surface area contributed by atoms with Gasteiger partial charge >= 0.3 is 5.97 Å². The number of nitrogens with zero attached hydrogens (tertiary/aromatic N) is 2. The Balaban J connectivity index is 2.77. The van der Waals surface area contributed by atoms with E-state index in [1.807, 2.05) is 13.8 Å². The number of nitrogens with one attached hydrogen (secondary N) is 1. The quantitative estimate of drug-likeness (QED) is 0.744. The van der Waals surface area contributed by atoms with Gasteiger partial charge in [-0.05, 0) is 13.5 Å². The highest BCUT2D eigenvalue weighted by atomic mass is 16.4. The van der Waals surface area contributed by atoms with Gasteiger partial charge in [0, 0.05) is 12.4 Å². The van der Waals surface area contributed by atoms with E-state index in [0.29, 0.717) is 5.82 Å². The highest BCUT2D eigenvalue weighted by Gasteiger charge is 2.08. The predicted octanol–water partition coefficient (Wildman–Crippen LogP) is 0.845. The molecule has 1 heterocycles. The molecular formula is C9H13N3O2. The zero-order valence-corrected chi connectivity index (χ0v) is 8.19. The zero-order valence-electron chi connectivity index (χ0n) is 8.19. The smallest absolute Gasteiger partial charge is 0.338 e. The number of hydrogen-bond donors (Lipinski definition) is 2. The number of carbonyl (C=O) groups is 1. The van der Waals surface area contributed by atoms with E-state index in [4.69, 9.17) is 5.11 Å². The van der Waals surface area contributed by atoms with E-state index in [-0.39, 0.29) is 11.6 Å². The monoisotopic (exact) mass is 195 g/mol. The molecule has 0 aliphatic rings. The third-order valence-electron chi connectivity index (χ3n) is 1.82. The molecule has 0 unspecified atom stereocenters. The fourth-order valence-electron chi connectivity index (χ4n) is 1.07. The summed E-state index contributed by atoms with van der Waals surface area (Å²) < 4.78 is 0. The second-order valence-corrected chi connectivity index (χ2v) is 2.91. The zero-order chi connectivity index (χ0) is 10.6. The fourth-order valence-corrected chi connectivity index (χ4v) is 1.07. The minimum Gasteiger partial charge on any atom is -0.478 e. The van der Waals surface area contributed by atoms with Gasteiger partial charge in [0.15, 0.2) is 0 Å². The van der Waals surface area contributed by atoms with Crippen LogP contribution in [0.15, 0.2) is 12.4 Å². The summed E-state index contributed by atoms with van der Waals surface area (Å²) in [7, 11) is 0. The van der Waals surface area contributed by atoms with Crippen molar-refractivity contribution in [3.05, 3.63) is 23.8 Å². The second-order valence-electron chi connectivity index (χ2n) is 2.91. The van der Waals surface area contributed by atoms with Crippen molar-refractivity contribution in [3.8, 4) is 0 Å². The Labute approximate surface area is 82.2 Å². The molecule has 1 aromatic heterocycles. The molecule has 2 N–H and O–H groups in total. The molecule has 0 saturated carbocycles. The lowest BCUT2D eigenvalue weighted by molar-refractivity contribution is 0.0696. The molecule has 1 rings (SSSR count). The van der Waals surface area contributed by atoms with Crippen LogP contribution in [0.5, 0.6) is 0 Å². The molecule has 0 saturated heterocycles. The van der Waals surface area contributed by atoms with Crippen LogP contribution in [0.2, 0.25) is 0 Å². The Kier molecular flexibility index (Phi) is 3.53. The molecule has 0 radical (unpaired) electrons. The van der Waals surface area contributed by atoms with Crippen LogP contribution >= 0.6 is 0 Å². The summed E-state index contributed by atoms with van der Waals surface area (Å²) >= 11 is 0. The van der Waals surface area contributed by atoms with Crippen molar-refractivity contribution in [1.29, 1.82) is 0 Å². The third-order valence-corrected chi connectivity index (χ3v) is 1.82. The van der Waals surface area contributed by atoms with Crippen molar-refractivity contribution in [1.82, 2.24) is 15.3 Å². The van der Waals surface area contributed by atoms with E-state index in [9.17, 15) is 4.79 Å². The number of carboxylic acid groups (broad SMARTS) is 1. The number of carboxylic acids is 1. The number of rotatable bonds is 4. The Morgan fingerprint density at radius 3 is 2.57 bits per heavy atom. The first-order valence-corrected chi connectivity index (χ1v) is 4.43. The molecule has 1 atom stereocenters. The van der Waals surface area contributed by atoms with E-state index in [2.05, 4.69) is 15.3 Å². The average Bonchev–Trinajstić information content (AvgIpc) is 2.18. The Morgan fingerprint density at radius 1 is 1.57 bits per heavy atom. The van der Waals surface area contributed by atoms with Gasteiger partial charge < -0.3 is 10.4 Å². The molecule has 5 nitrogen and oxygen atoms in total. The highest BCUT2D eigenvalue weighted by molar-refractivity contribution is 5.86. The number of aromatic carboxylic acids is 1. The molecule has 14 heavy (non-hydrogen) atoms. The minimum absolute atomic E-state index is 0.0443. The van der Waals surface area contributed by atoms with E-state index >= 15 is 0 Å². The molecular weight excluding hydrogens is 182 g/mol. The minimum atomic E-state index is -1.01. The maximum Gasteiger partial charge on any atom is 0.338 e. The van der Waals surface area contributed by atoms with E-state index in [0.717, 1.165) is 6.54 Å². The molecule has 0 aliphatic heterocycles. The average molecular weight is 195 g/mol. The molecule has 1 aromatic rings. The summed E-state index contributed by atoms with van der Waals surface area (Å²) in [6.07, 6.45) is 2.64. The van der Waals surface area contributed by atoms with Crippen LogP contribution in [-0.4, -0.2) is 27.6 Å². The standard InChI is InChI=1S/C9H13N3O2/c1-3-10-6(2)8-11-4-7(5-12-8)9(13)14/h4-6,10H,3H2,1-2H3,(H,13,14)/t6-/m0/s1. The molecule has 0 fully saturated rings. The van der Waals surface area contributed by atoms with E-state index in [1.165, 1.54) is 12.4 Å². The van der Waals surface area contributed by atoms with E-state index < -0.39 is 5.97 Å². The van der Waals surface area contributed by atoms with Gasteiger partial charge in [0.1, 0.15) is 5.82 Å². The lowest BCUT2D eigenvalue weighted by Gasteiger charge is -2.09. The van der Waals surface area contributed by atoms with Crippen LogP contribution < -0.4 is 5.32 Å². The van der Waals surface area contributed by atoms with Crippen LogP contribution in [0.3, 0.4) is 0 Å². The van der Waals surface area contributed by atoms with Gasteiger partial charge in [-0.15, -0.1) is 0 Å². The van der Waals surface area contributed by atoms with Crippen LogP contribution in [0.1, 0.15) is 36.1 Å². The van der Waals surface area contributed by atoms with Crippen LogP contribution in [0.25, 0.3) is 0 Å². The Bertz CT molecular complexity index is 310. The Hall–Kier alpha value is -1.49. The van der Waals surface area contributed by atoms with Gasteiger partial charge in [0.05, 0.1) is 11.6 Å². The molecule has 0 spiro atoms. The largest absolute Gasteiger partial charge is 0.478 e. The number of hydrogen-bond acceptors (Lipinski definition) is 4. The van der Waals surface area contributed by atoms with Crippen LogP contribution in [0.4, 0.5) is 0 Å². The van der Waals surface area contributed by atoms with Crippen molar-refractivity contribution < 1.29 is 9.90 Å². The molecule has 0 amide bonds. The topological polar surface area (TPSA) is 75.1 Å². The first-order valence-electron chi connectivity index (χ1n) is 4.43. The van der Waals surface area contributed by atoms with Crippen molar-refractivity contribution in [2.24, 2.45) is 0 Å². The van der Waals surface area contributed by atoms with Crippen molar-refractivity contribution in [2.75, 3.05) is 6.54 Å². The normalized spacial score (nSPS) is 12.4. The van der Waals surface area contributed by atoms with E-state index in [1.54, 1.807) is 0 Å². The number of aromatic nitrogens is 2. The summed E-state index contributed by atoms with van der Waals surface area (Å²) in [6.45, 7) is 4.74. The van der Waals surface area contributed by atoms with Crippen molar-refractivity contribution >= 4 is 5.97 Å². The van der Waals surface area contributed by atoms with Gasteiger partial charge in [-0.1, -0.05) is 6.92 Å². The maximum atomic E-state index is 10.5. The first kappa shape index (κ1) is 10.6. The summed E-state index contributed by atoms with van der Waals surface area (Å²) in [5.74, 6) is -0.399. The predicted molar refractivity (Wildman–Crippen MR) is 51.1 cm³/mol. The molecule has 0 aliphatic carbocycles. The fraction of sp³-hybridized carbons (Fsp3) is 0.444. The molecule has 0 aromatic carbocycles. The van der Waals surface area contributed by atoms with Gasteiger partial charge in [0.2, 0.25) is 0 Å². The van der Waals surface area contributed by atoms with Gasteiger partial charge in [-0.3, -0.25) is 0 Å². The van der Waals surface area contributed by atoms with Crippen molar-refractivity contribution in [2.45, 2.75) is 19.9 Å². The van der Waals surface area contributed by atoms with Gasteiger partial charge in [-0.25, -0.2) is 14.8 Å². The van der Waals surface area contributed by atoms with Crippen LogP contribution in [-0.2, 0) is 0 Å². The summed E-state index contributed by atoms with van der Waals surface area (Å²) in [5.41, 5.74) is 0.109. The SMILES string of the molecule is CCN[C@@H](C)c1ncc(C(=O)O)cn1. The Morgan fingerprint density at radius 2 is 2.14 bits per heavy atom. The summed E-state index contributed by atoms with van der Waals surface area (Å²) in [4.78, 5) is 18.4.